The van der Waals surface area contributed by atoms with Gasteiger partial charge in [-0.15, -0.1) is 11.8 Å². The van der Waals surface area contributed by atoms with Crippen molar-refractivity contribution in [2.75, 3.05) is 6.26 Å². The van der Waals surface area contributed by atoms with E-state index in [1.54, 1.807) is 30.0 Å². The zero-order valence-electron chi connectivity index (χ0n) is 10.4. The third-order valence-electron chi connectivity index (χ3n) is 2.50. The van der Waals surface area contributed by atoms with Gasteiger partial charge in [-0.1, -0.05) is 30.3 Å². The van der Waals surface area contributed by atoms with E-state index in [0.29, 0.717) is 0 Å². The third kappa shape index (κ3) is 3.68. The van der Waals surface area contributed by atoms with Gasteiger partial charge in [-0.2, -0.15) is 12.8 Å². The normalized spacial score (nSPS) is 11.8. The molecular formula is C14H13NO2S2. The summed E-state index contributed by atoms with van der Waals surface area (Å²) >= 11 is 1.64. The summed E-state index contributed by atoms with van der Waals surface area (Å²) in [6.07, 6.45) is 3.36. The second kappa shape index (κ2) is 6.04. The van der Waals surface area contributed by atoms with E-state index in [0.717, 1.165) is 10.5 Å². The van der Waals surface area contributed by atoms with Gasteiger partial charge < -0.3 is 0 Å². The van der Waals surface area contributed by atoms with Crippen molar-refractivity contribution in [1.82, 2.24) is 0 Å². The van der Waals surface area contributed by atoms with Crippen molar-refractivity contribution in [3.63, 3.8) is 0 Å². The highest BCUT2D eigenvalue weighted by molar-refractivity contribution is 7.98. The minimum absolute atomic E-state index is 0.201. The summed E-state index contributed by atoms with van der Waals surface area (Å²) in [6.45, 7) is 0. The lowest BCUT2D eigenvalue weighted by Crippen LogP contribution is -1.97. The van der Waals surface area contributed by atoms with Gasteiger partial charge in [0.05, 0.1) is 4.90 Å². The van der Waals surface area contributed by atoms with E-state index < -0.39 is 10.0 Å². The molecule has 0 aromatic heterocycles. The average molecular weight is 291 g/mol. The van der Waals surface area contributed by atoms with Crippen LogP contribution in [0.15, 0.2) is 68.8 Å². The van der Waals surface area contributed by atoms with Crippen molar-refractivity contribution in [1.29, 1.82) is 0 Å². The van der Waals surface area contributed by atoms with Gasteiger partial charge in [0.15, 0.2) is 0 Å². The Balaban J connectivity index is 2.22. The molecule has 0 aliphatic rings. The molecule has 19 heavy (non-hydrogen) atoms. The topological polar surface area (TPSA) is 46.5 Å². The lowest BCUT2D eigenvalue weighted by atomic mass is 10.2. The van der Waals surface area contributed by atoms with E-state index in [1.807, 2.05) is 30.5 Å². The second-order valence-electron chi connectivity index (χ2n) is 3.80. The van der Waals surface area contributed by atoms with Crippen LogP contribution in [-0.2, 0) is 10.0 Å². The first kappa shape index (κ1) is 13.8. The van der Waals surface area contributed by atoms with Crippen LogP contribution in [0.1, 0.15) is 5.56 Å². The van der Waals surface area contributed by atoms with Crippen LogP contribution in [0, 0.1) is 0 Å². The molecule has 0 unspecified atom stereocenters. The molecule has 5 heteroatoms. The predicted molar refractivity (Wildman–Crippen MR) is 79.4 cm³/mol. The Morgan fingerprint density at radius 3 is 2.21 bits per heavy atom. The molecule has 0 N–H and O–H groups in total. The molecule has 0 saturated heterocycles. The fraction of sp³-hybridized carbons (Fsp3) is 0.0714. The van der Waals surface area contributed by atoms with Crippen LogP contribution in [-0.4, -0.2) is 20.9 Å². The number of thioether (sulfide) groups is 1. The van der Waals surface area contributed by atoms with Gasteiger partial charge in [-0.05, 0) is 36.1 Å². The summed E-state index contributed by atoms with van der Waals surface area (Å²) in [5.74, 6) is 0. The molecule has 0 aliphatic heterocycles. The molecule has 0 bridgehead atoms. The number of nitrogens with zero attached hydrogens (tertiary/aromatic N) is 1. The molecule has 0 amide bonds. The van der Waals surface area contributed by atoms with E-state index in [1.165, 1.54) is 18.3 Å². The maximum absolute atomic E-state index is 11.9. The fourth-order valence-electron chi connectivity index (χ4n) is 1.47. The van der Waals surface area contributed by atoms with Gasteiger partial charge in [0.25, 0.3) is 10.0 Å². The fourth-order valence-corrected chi connectivity index (χ4v) is 2.77. The Hall–Kier alpha value is -1.59. The number of hydrogen-bond donors (Lipinski definition) is 0. The van der Waals surface area contributed by atoms with Crippen LogP contribution in [0.4, 0.5) is 0 Å². The lowest BCUT2D eigenvalue weighted by Gasteiger charge is -1.98. The molecule has 0 spiro atoms. The van der Waals surface area contributed by atoms with Crippen molar-refractivity contribution in [3.8, 4) is 0 Å². The van der Waals surface area contributed by atoms with E-state index in [2.05, 4.69) is 4.40 Å². The number of benzene rings is 2. The average Bonchev–Trinajstić information content (AvgIpc) is 2.47. The van der Waals surface area contributed by atoms with Gasteiger partial charge in [-0.25, -0.2) is 0 Å². The van der Waals surface area contributed by atoms with Gasteiger partial charge in [0, 0.05) is 11.1 Å². The van der Waals surface area contributed by atoms with Gasteiger partial charge in [0.2, 0.25) is 0 Å². The van der Waals surface area contributed by atoms with Crippen LogP contribution in [0.3, 0.4) is 0 Å². The van der Waals surface area contributed by atoms with Gasteiger partial charge in [-0.3, -0.25) is 0 Å². The molecule has 2 aromatic carbocycles. The summed E-state index contributed by atoms with van der Waals surface area (Å²) < 4.78 is 27.5. The van der Waals surface area contributed by atoms with Crippen molar-refractivity contribution in [3.05, 3.63) is 60.2 Å². The Kier molecular flexibility index (Phi) is 4.39. The smallest absolute Gasteiger partial charge is 0.199 e. The molecule has 0 saturated carbocycles. The first-order valence-electron chi connectivity index (χ1n) is 5.61. The molecule has 98 valence electrons. The first-order chi connectivity index (χ1) is 9.12. The number of hydrogen-bond acceptors (Lipinski definition) is 3. The molecule has 0 aliphatic carbocycles. The zero-order valence-corrected chi connectivity index (χ0v) is 12.0. The van der Waals surface area contributed by atoms with E-state index in [9.17, 15) is 8.42 Å². The quantitative estimate of drug-likeness (QED) is 0.642. The van der Waals surface area contributed by atoms with Crippen LogP contribution in [0.5, 0.6) is 0 Å². The standard InChI is InChI=1S/C14H13NO2S2/c1-18-13-9-7-12(8-10-13)11-15-19(16,17)14-5-3-2-4-6-14/h2-11H,1H3. The Bertz CT molecular complexity index is 662. The van der Waals surface area contributed by atoms with Crippen LogP contribution in [0.25, 0.3) is 0 Å². The number of rotatable bonds is 4. The molecule has 0 radical (unpaired) electrons. The zero-order chi connectivity index (χ0) is 13.7. The second-order valence-corrected chi connectivity index (χ2v) is 6.31. The van der Waals surface area contributed by atoms with Crippen LogP contribution >= 0.6 is 11.8 Å². The number of sulfonamides is 1. The van der Waals surface area contributed by atoms with E-state index in [-0.39, 0.29) is 4.90 Å². The van der Waals surface area contributed by atoms with E-state index >= 15 is 0 Å². The van der Waals surface area contributed by atoms with Gasteiger partial charge in [0.1, 0.15) is 0 Å². The summed E-state index contributed by atoms with van der Waals surface area (Å²) in [5, 5.41) is 0. The summed E-state index contributed by atoms with van der Waals surface area (Å²) in [4.78, 5) is 1.33. The molecule has 0 atom stereocenters. The van der Waals surface area contributed by atoms with Gasteiger partial charge >= 0.3 is 0 Å². The highest BCUT2D eigenvalue weighted by Gasteiger charge is 2.09. The minimum Gasteiger partial charge on any atom is -0.199 e. The molecular weight excluding hydrogens is 278 g/mol. The van der Waals surface area contributed by atoms with Crippen LogP contribution in [0.2, 0.25) is 0 Å². The van der Waals surface area contributed by atoms with E-state index in [4.69, 9.17) is 0 Å². The lowest BCUT2D eigenvalue weighted by molar-refractivity contribution is 0.598. The van der Waals surface area contributed by atoms with Crippen molar-refractivity contribution in [2.24, 2.45) is 4.40 Å². The Morgan fingerprint density at radius 2 is 1.63 bits per heavy atom. The highest BCUT2D eigenvalue weighted by atomic mass is 32.2. The third-order valence-corrected chi connectivity index (χ3v) is 4.49. The summed E-state index contributed by atoms with van der Waals surface area (Å²) in [6, 6.07) is 15.7. The van der Waals surface area contributed by atoms with Crippen LogP contribution < -0.4 is 0 Å². The monoisotopic (exact) mass is 291 g/mol. The maximum atomic E-state index is 11.9. The first-order valence-corrected chi connectivity index (χ1v) is 8.28. The highest BCUT2D eigenvalue weighted by Crippen LogP contribution is 2.15. The summed E-state index contributed by atoms with van der Waals surface area (Å²) in [7, 11) is -3.61. The molecule has 0 fully saturated rings. The molecule has 0 heterocycles. The largest absolute Gasteiger partial charge is 0.282 e. The molecule has 3 nitrogen and oxygen atoms in total. The predicted octanol–water partition coefficient (Wildman–Crippen LogP) is 3.22. The minimum atomic E-state index is -3.61. The summed E-state index contributed by atoms with van der Waals surface area (Å²) in [5.41, 5.74) is 0.761. The van der Waals surface area contributed by atoms with Crippen molar-refractivity contribution in [2.45, 2.75) is 9.79 Å². The Morgan fingerprint density at radius 1 is 1.00 bits per heavy atom. The Labute approximate surface area is 117 Å². The van der Waals surface area contributed by atoms with Crippen molar-refractivity contribution < 1.29 is 8.42 Å². The maximum Gasteiger partial charge on any atom is 0.282 e. The molecule has 2 rings (SSSR count). The van der Waals surface area contributed by atoms with Crippen molar-refractivity contribution >= 4 is 28.0 Å². The SMILES string of the molecule is CSc1ccc(C=NS(=O)(=O)c2ccccc2)cc1. The molecule has 2 aromatic rings.